The van der Waals surface area contributed by atoms with Crippen molar-refractivity contribution in [3.63, 3.8) is 0 Å². The number of anilines is 1. The molecule has 4 rings (SSSR count). The van der Waals surface area contributed by atoms with Gasteiger partial charge in [0.15, 0.2) is 0 Å². The van der Waals surface area contributed by atoms with Crippen LogP contribution in [-0.2, 0) is 16.6 Å². The van der Waals surface area contributed by atoms with Crippen LogP contribution in [0.5, 0.6) is 0 Å². The van der Waals surface area contributed by atoms with E-state index in [4.69, 9.17) is 9.72 Å². The molecule has 0 aliphatic heterocycles. The Balaban J connectivity index is 1.77. The maximum atomic E-state index is 13.2. The molecule has 0 saturated heterocycles. The predicted molar refractivity (Wildman–Crippen MR) is 131 cm³/mol. The highest BCUT2D eigenvalue weighted by Gasteiger charge is 2.20. The lowest BCUT2D eigenvalue weighted by Gasteiger charge is -2.16. The van der Waals surface area contributed by atoms with Gasteiger partial charge in [0.25, 0.3) is 5.91 Å². The van der Waals surface area contributed by atoms with Crippen molar-refractivity contribution in [1.82, 2.24) is 14.9 Å². The Kier molecular flexibility index (Phi) is 6.86. The minimum Gasteiger partial charge on any atom is -0.375 e. The highest BCUT2D eigenvalue weighted by atomic mass is 32.1. The average molecular weight is 463 g/mol. The Morgan fingerprint density at radius 1 is 1.15 bits per heavy atom. The van der Waals surface area contributed by atoms with E-state index in [9.17, 15) is 9.59 Å². The van der Waals surface area contributed by atoms with Gasteiger partial charge in [-0.2, -0.15) is 0 Å². The Labute approximate surface area is 196 Å². The summed E-state index contributed by atoms with van der Waals surface area (Å²) in [5.41, 5.74) is 3.25. The lowest BCUT2D eigenvalue weighted by atomic mass is 10.1. The molecule has 2 amide bonds. The van der Waals surface area contributed by atoms with Gasteiger partial charge >= 0.3 is 0 Å². The van der Waals surface area contributed by atoms with Crippen molar-refractivity contribution in [2.45, 2.75) is 19.4 Å². The molecule has 1 unspecified atom stereocenters. The van der Waals surface area contributed by atoms with Gasteiger partial charge in [0.2, 0.25) is 5.91 Å². The Bertz CT molecular complexity index is 1270. The highest BCUT2D eigenvalue weighted by molar-refractivity contribution is 7.10. The number of aromatic nitrogens is 2. The second kappa shape index (κ2) is 9.97. The van der Waals surface area contributed by atoms with E-state index >= 15 is 0 Å². The van der Waals surface area contributed by atoms with Crippen molar-refractivity contribution in [1.29, 1.82) is 0 Å². The molecule has 2 aromatic carbocycles. The summed E-state index contributed by atoms with van der Waals surface area (Å²) in [6.07, 6.45) is 0.771. The quantitative estimate of drug-likeness (QED) is 0.395. The van der Waals surface area contributed by atoms with Gasteiger partial charge in [-0.25, -0.2) is 4.98 Å². The van der Waals surface area contributed by atoms with Gasteiger partial charge in [0, 0.05) is 30.2 Å². The van der Waals surface area contributed by atoms with Crippen LogP contribution in [0.25, 0.3) is 22.4 Å². The van der Waals surface area contributed by atoms with E-state index in [0.29, 0.717) is 16.8 Å². The number of nitrogens with one attached hydrogen (secondary N) is 2. The number of ether oxygens (including phenoxy) is 1. The number of amides is 2. The fourth-order valence-corrected chi connectivity index (χ4v) is 4.71. The first-order chi connectivity index (χ1) is 16.0. The molecule has 0 fully saturated rings. The van der Waals surface area contributed by atoms with Crippen LogP contribution in [0.4, 0.5) is 5.69 Å². The first-order valence-corrected chi connectivity index (χ1v) is 11.6. The Morgan fingerprint density at radius 3 is 2.61 bits per heavy atom. The van der Waals surface area contributed by atoms with Crippen molar-refractivity contribution in [3.8, 4) is 11.4 Å². The lowest BCUT2D eigenvalue weighted by molar-refractivity contribution is -0.119. The molecule has 4 aromatic rings. The first-order valence-electron chi connectivity index (χ1n) is 10.7. The van der Waals surface area contributed by atoms with Gasteiger partial charge in [-0.15, -0.1) is 11.3 Å². The van der Waals surface area contributed by atoms with Gasteiger partial charge in [-0.05, 0) is 30.0 Å². The number of imidazole rings is 1. The number of fused-ring (bicyclic) bond motifs is 1. The molecule has 2 aromatic heterocycles. The average Bonchev–Trinajstić information content (AvgIpc) is 3.46. The number of aryl methyl sites for hydroxylation is 1. The molecular weight excluding hydrogens is 436 g/mol. The fourth-order valence-electron chi connectivity index (χ4n) is 3.85. The molecule has 0 aliphatic rings. The number of rotatable bonds is 8. The van der Waals surface area contributed by atoms with Crippen LogP contribution in [0.15, 0.2) is 60.0 Å². The van der Waals surface area contributed by atoms with Crippen molar-refractivity contribution in [2.24, 2.45) is 7.05 Å². The van der Waals surface area contributed by atoms with E-state index in [1.165, 1.54) is 7.11 Å². The van der Waals surface area contributed by atoms with Crippen LogP contribution >= 0.6 is 11.3 Å². The molecule has 0 aliphatic carbocycles. The molecule has 2 N–H and O–H groups in total. The zero-order valence-corrected chi connectivity index (χ0v) is 19.6. The number of thiophene rings is 1. The predicted octanol–water partition coefficient (Wildman–Crippen LogP) is 4.77. The lowest BCUT2D eigenvalue weighted by Crippen LogP contribution is -2.28. The molecule has 2 heterocycles. The number of carbonyl (C=O) groups is 2. The van der Waals surface area contributed by atoms with E-state index < -0.39 is 0 Å². The summed E-state index contributed by atoms with van der Waals surface area (Å²) in [7, 11) is 3.36. The Morgan fingerprint density at radius 2 is 1.94 bits per heavy atom. The summed E-state index contributed by atoms with van der Waals surface area (Å²) >= 11 is 1.61. The number of nitrogens with zero attached hydrogens (tertiary/aromatic N) is 2. The largest absolute Gasteiger partial charge is 0.375 e. The summed E-state index contributed by atoms with van der Waals surface area (Å²) in [5.74, 6) is 0.227. The number of carbonyl (C=O) groups excluding carboxylic acids is 2. The van der Waals surface area contributed by atoms with E-state index in [1.54, 1.807) is 23.5 Å². The number of hydrogen-bond donors (Lipinski definition) is 2. The molecule has 0 bridgehead atoms. The molecular formula is C25H26N4O3S. The SMILES string of the molecule is CCC(NC(=O)c1cc(NC(=O)COC)c2c(c1)nc(-c1ccccc1)n2C)c1cccs1. The van der Waals surface area contributed by atoms with Crippen LogP contribution in [-0.4, -0.2) is 35.1 Å². The van der Waals surface area contributed by atoms with Crippen LogP contribution in [0, 0.1) is 0 Å². The zero-order chi connectivity index (χ0) is 23.4. The standard InChI is InChI=1S/C25H26N4O3S/c1-4-18(21-11-8-12-33-21)28-25(31)17-13-19(26-22(30)15-32-3)23-20(14-17)27-24(29(23)2)16-9-6-5-7-10-16/h5-14,18H,4,15H2,1-3H3,(H,26,30)(H,28,31). The van der Waals surface area contributed by atoms with Crippen molar-refractivity contribution >= 4 is 39.9 Å². The van der Waals surface area contributed by atoms with E-state index in [1.807, 2.05) is 66.4 Å². The molecule has 0 saturated carbocycles. The maximum Gasteiger partial charge on any atom is 0.251 e. The number of benzene rings is 2. The molecule has 33 heavy (non-hydrogen) atoms. The van der Waals surface area contributed by atoms with Crippen molar-refractivity contribution in [3.05, 3.63) is 70.4 Å². The third-order valence-corrected chi connectivity index (χ3v) is 6.40. The minimum absolute atomic E-state index is 0.0802. The van der Waals surface area contributed by atoms with Crippen molar-refractivity contribution < 1.29 is 14.3 Å². The highest BCUT2D eigenvalue weighted by Crippen LogP contribution is 2.31. The first kappa shape index (κ1) is 22.7. The second-order valence-electron chi connectivity index (χ2n) is 7.68. The topological polar surface area (TPSA) is 85.2 Å². The van der Waals surface area contributed by atoms with Crippen molar-refractivity contribution in [2.75, 3.05) is 19.0 Å². The molecule has 1 atom stereocenters. The van der Waals surface area contributed by atoms with E-state index in [0.717, 1.165) is 28.2 Å². The smallest absolute Gasteiger partial charge is 0.251 e. The van der Waals surface area contributed by atoms with Gasteiger partial charge in [0.1, 0.15) is 12.4 Å². The van der Waals surface area contributed by atoms with E-state index in [-0.39, 0.29) is 24.5 Å². The second-order valence-corrected chi connectivity index (χ2v) is 8.66. The van der Waals surface area contributed by atoms with Gasteiger partial charge in [0.05, 0.1) is 22.8 Å². The normalized spacial score (nSPS) is 12.0. The summed E-state index contributed by atoms with van der Waals surface area (Å²) in [6, 6.07) is 17.2. The molecule has 7 nitrogen and oxygen atoms in total. The third kappa shape index (κ3) is 4.81. The summed E-state index contributed by atoms with van der Waals surface area (Å²) in [5, 5.41) is 7.99. The summed E-state index contributed by atoms with van der Waals surface area (Å²) in [6.45, 7) is 1.95. The van der Waals surface area contributed by atoms with Gasteiger partial charge in [-0.1, -0.05) is 43.3 Å². The Hall–Kier alpha value is -3.49. The summed E-state index contributed by atoms with van der Waals surface area (Å²) < 4.78 is 6.89. The minimum atomic E-state index is -0.302. The van der Waals surface area contributed by atoms with Gasteiger partial charge in [-0.3, -0.25) is 9.59 Å². The fraction of sp³-hybridized carbons (Fsp3) is 0.240. The maximum absolute atomic E-state index is 13.2. The number of methoxy groups -OCH3 is 1. The summed E-state index contributed by atoms with van der Waals surface area (Å²) in [4.78, 5) is 31.4. The van der Waals surface area contributed by atoms with Crippen LogP contribution < -0.4 is 10.6 Å². The molecule has 0 radical (unpaired) electrons. The van der Waals surface area contributed by atoms with Gasteiger partial charge < -0.3 is 19.9 Å². The van der Waals surface area contributed by atoms with E-state index in [2.05, 4.69) is 10.6 Å². The third-order valence-electron chi connectivity index (χ3n) is 5.41. The molecule has 170 valence electrons. The van der Waals surface area contributed by atoms with Crippen LogP contribution in [0.3, 0.4) is 0 Å². The number of hydrogen-bond acceptors (Lipinski definition) is 5. The van der Waals surface area contributed by atoms with Crippen LogP contribution in [0.2, 0.25) is 0 Å². The molecule has 8 heteroatoms. The molecule has 0 spiro atoms. The van der Waals surface area contributed by atoms with Crippen LogP contribution in [0.1, 0.15) is 34.6 Å². The zero-order valence-electron chi connectivity index (χ0n) is 18.8. The monoisotopic (exact) mass is 462 g/mol.